The second kappa shape index (κ2) is 20.5. The first kappa shape index (κ1) is 39.5. The Morgan fingerprint density at radius 1 is 0.774 bits per heavy atom. The normalized spacial score (nSPS) is 22.2. The van der Waals surface area contributed by atoms with Crippen LogP contribution >= 0.6 is 11.8 Å². The van der Waals surface area contributed by atoms with Crippen LogP contribution in [0.15, 0.2) is 72.8 Å². The fourth-order valence-electron chi connectivity index (χ4n) is 6.74. The van der Waals surface area contributed by atoms with Crippen LogP contribution in [0, 0.1) is 5.92 Å². The molecule has 1 aliphatic carbocycles. The van der Waals surface area contributed by atoms with Crippen molar-refractivity contribution in [1.29, 1.82) is 0 Å². The van der Waals surface area contributed by atoms with Gasteiger partial charge in [0.15, 0.2) is 18.1 Å². The number of carbonyl (C=O) groups is 4. The van der Waals surface area contributed by atoms with Crippen LogP contribution in [0.1, 0.15) is 62.1 Å². The summed E-state index contributed by atoms with van der Waals surface area (Å²) in [7, 11) is 0. The minimum atomic E-state index is -0.822. The lowest BCUT2D eigenvalue weighted by atomic mass is 9.84. The van der Waals surface area contributed by atoms with E-state index in [2.05, 4.69) is 21.3 Å². The molecule has 0 unspecified atom stereocenters. The Bertz CT molecular complexity index is 1650. The van der Waals surface area contributed by atoms with Crippen molar-refractivity contribution in [1.82, 2.24) is 21.3 Å². The minimum Gasteiger partial charge on any atom is -0.490 e. The number of ether oxygens (including phenoxy) is 3. The molecule has 4 heterocycles. The zero-order chi connectivity index (χ0) is 37.4. The van der Waals surface area contributed by atoms with Crippen molar-refractivity contribution < 1.29 is 33.4 Å². The van der Waals surface area contributed by atoms with Crippen molar-refractivity contribution in [3.8, 4) is 17.2 Å². The van der Waals surface area contributed by atoms with E-state index in [4.69, 9.17) is 14.2 Å². The number of thioether (sulfide) groups is 1. The highest BCUT2D eigenvalue weighted by Gasteiger charge is 2.29. The lowest BCUT2D eigenvalue weighted by Gasteiger charge is -2.29. The van der Waals surface area contributed by atoms with Crippen molar-refractivity contribution in [2.45, 2.75) is 83.0 Å². The number of benzene rings is 3. The molecule has 12 heteroatoms. The third-order valence-corrected chi connectivity index (χ3v) is 10.2. The number of hydrogen-bond donors (Lipinski definition) is 4. The highest BCUT2D eigenvalue weighted by Crippen LogP contribution is 2.33. The van der Waals surface area contributed by atoms with Gasteiger partial charge < -0.3 is 35.5 Å². The summed E-state index contributed by atoms with van der Waals surface area (Å²) in [6, 6.07) is 21.2. The number of nitrogens with one attached hydrogen (secondary N) is 4. The molecule has 1 fully saturated rings. The van der Waals surface area contributed by atoms with Crippen LogP contribution in [0.5, 0.6) is 17.2 Å². The number of amides is 4. The van der Waals surface area contributed by atoms with E-state index in [-0.39, 0.29) is 48.8 Å². The predicted octanol–water partition coefficient (Wildman–Crippen LogP) is 4.75. The van der Waals surface area contributed by atoms with Gasteiger partial charge in [-0.25, -0.2) is 0 Å². The van der Waals surface area contributed by atoms with E-state index in [1.54, 1.807) is 11.8 Å². The summed E-state index contributed by atoms with van der Waals surface area (Å²) >= 11 is 1.59. The molecule has 0 aromatic heterocycles. The zero-order valence-corrected chi connectivity index (χ0v) is 31.5. The largest absolute Gasteiger partial charge is 0.490 e. The first-order chi connectivity index (χ1) is 25.8. The molecular weight excluding hydrogens is 693 g/mol. The standard InChI is InChI=1S/C41H52N4O7S/c1-3-50-36-11-7-10-31-26-51-33-18-14-28(15-19-33)20-22-42-40(48)35(24-29-8-5-4-6-9-29)45-41(49)34(21-23-53-2)44-37(46)25-30-12-16-32(17-13-30)43-38(47)27-52-39(31)36/h4-11,14-15,18-19,30,32,34-35H,3,12-13,16-17,20-27H2,1-2H3,(H,42,48)(H,43,47)(H,44,46)(H,45,49)/t30?,32?,34-,35+/m0/s1. The first-order valence-electron chi connectivity index (χ1n) is 18.6. The van der Waals surface area contributed by atoms with E-state index in [9.17, 15) is 19.2 Å². The molecule has 1 saturated carbocycles. The van der Waals surface area contributed by atoms with Gasteiger partial charge >= 0.3 is 0 Å². The Labute approximate surface area is 316 Å². The summed E-state index contributed by atoms with van der Waals surface area (Å²) in [4.78, 5) is 53.6. The van der Waals surface area contributed by atoms with E-state index in [1.807, 2.05) is 86.0 Å². The average molecular weight is 745 g/mol. The van der Waals surface area contributed by atoms with Crippen LogP contribution in [0.4, 0.5) is 0 Å². The van der Waals surface area contributed by atoms with Gasteiger partial charge in [0.05, 0.1) is 6.61 Å². The molecule has 4 bridgehead atoms. The van der Waals surface area contributed by atoms with Crippen molar-refractivity contribution in [3.63, 3.8) is 0 Å². The molecule has 2 atom stereocenters. The molecule has 4 aliphatic heterocycles. The predicted molar refractivity (Wildman–Crippen MR) is 206 cm³/mol. The van der Waals surface area contributed by atoms with Crippen LogP contribution in [-0.2, 0) is 38.6 Å². The van der Waals surface area contributed by atoms with Crippen molar-refractivity contribution in [3.05, 3.63) is 89.5 Å². The van der Waals surface area contributed by atoms with Crippen LogP contribution in [0.3, 0.4) is 0 Å². The van der Waals surface area contributed by atoms with Gasteiger partial charge in [-0.2, -0.15) is 11.8 Å². The summed E-state index contributed by atoms with van der Waals surface area (Å²) in [6.07, 6.45) is 6.60. The summed E-state index contributed by atoms with van der Waals surface area (Å²) in [5.41, 5.74) is 2.67. The number of para-hydroxylation sites is 1. The molecule has 4 N–H and O–H groups in total. The zero-order valence-electron chi connectivity index (χ0n) is 30.7. The molecule has 284 valence electrons. The van der Waals surface area contributed by atoms with Crippen LogP contribution < -0.4 is 35.5 Å². The summed E-state index contributed by atoms with van der Waals surface area (Å²) in [6.45, 7) is 2.74. The minimum absolute atomic E-state index is 0.0197. The highest BCUT2D eigenvalue weighted by molar-refractivity contribution is 7.98. The molecule has 0 radical (unpaired) electrons. The fraction of sp³-hybridized carbons (Fsp3) is 0.463. The number of rotatable bonds is 7. The van der Waals surface area contributed by atoms with Crippen molar-refractivity contribution in [2.24, 2.45) is 5.92 Å². The second-order valence-electron chi connectivity index (χ2n) is 13.6. The molecule has 53 heavy (non-hydrogen) atoms. The SMILES string of the molecule is CCOc1cccc2c1OCC(=O)NC1CCC(CC1)CC(=O)N[C@@H](CCSC)C(=O)N[C@H](Cc1ccccc1)C(=O)NCCc1ccc(cc1)OC2. The van der Waals surface area contributed by atoms with E-state index < -0.39 is 12.1 Å². The van der Waals surface area contributed by atoms with E-state index in [0.717, 1.165) is 42.4 Å². The fourth-order valence-corrected chi connectivity index (χ4v) is 7.22. The monoisotopic (exact) mass is 744 g/mol. The van der Waals surface area contributed by atoms with Gasteiger partial charge in [0.2, 0.25) is 17.7 Å². The smallest absolute Gasteiger partial charge is 0.258 e. The van der Waals surface area contributed by atoms with Crippen LogP contribution in [-0.4, -0.2) is 73.5 Å². The Kier molecular flexibility index (Phi) is 15.3. The van der Waals surface area contributed by atoms with Crippen molar-refractivity contribution >= 4 is 35.4 Å². The number of hydrogen-bond acceptors (Lipinski definition) is 8. The molecule has 11 nitrogen and oxygen atoms in total. The Hall–Kier alpha value is -4.71. The van der Waals surface area contributed by atoms with Gasteiger partial charge in [-0.1, -0.05) is 54.6 Å². The van der Waals surface area contributed by atoms with Gasteiger partial charge in [0.25, 0.3) is 5.91 Å². The quantitative estimate of drug-likeness (QED) is 0.272. The van der Waals surface area contributed by atoms with Gasteiger partial charge in [-0.05, 0) is 92.7 Å². The number of carbonyl (C=O) groups excluding carboxylic acids is 4. The maximum atomic E-state index is 13.7. The third kappa shape index (κ3) is 12.4. The van der Waals surface area contributed by atoms with Gasteiger partial charge in [0, 0.05) is 31.0 Å². The first-order valence-corrected chi connectivity index (χ1v) is 20.0. The molecule has 3 aromatic rings. The van der Waals surface area contributed by atoms with E-state index >= 15 is 0 Å². The molecule has 8 rings (SSSR count). The Morgan fingerprint density at radius 3 is 2.28 bits per heavy atom. The molecule has 0 saturated heterocycles. The maximum Gasteiger partial charge on any atom is 0.258 e. The highest BCUT2D eigenvalue weighted by atomic mass is 32.2. The Balaban J connectivity index is 1.34. The summed E-state index contributed by atoms with van der Waals surface area (Å²) < 4.78 is 18.0. The maximum absolute atomic E-state index is 13.7. The molecule has 3 aromatic carbocycles. The Morgan fingerprint density at radius 2 is 1.55 bits per heavy atom. The lowest BCUT2D eigenvalue weighted by Crippen LogP contribution is -2.55. The van der Waals surface area contributed by atoms with Crippen molar-refractivity contribution in [2.75, 3.05) is 31.8 Å². The van der Waals surface area contributed by atoms with Gasteiger partial charge in [-0.3, -0.25) is 19.2 Å². The van der Waals surface area contributed by atoms with Crippen LogP contribution in [0.25, 0.3) is 0 Å². The molecular formula is C41H52N4O7S. The summed E-state index contributed by atoms with van der Waals surface area (Å²) in [5, 5.41) is 12.0. The van der Waals surface area contributed by atoms with Gasteiger partial charge in [-0.15, -0.1) is 0 Å². The van der Waals surface area contributed by atoms with E-state index in [1.165, 1.54) is 0 Å². The van der Waals surface area contributed by atoms with Gasteiger partial charge in [0.1, 0.15) is 24.4 Å². The molecule has 0 spiro atoms. The second-order valence-corrected chi connectivity index (χ2v) is 14.6. The molecule has 5 aliphatic rings. The topological polar surface area (TPSA) is 144 Å². The molecule has 4 amide bonds. The van der Waals surface area contributed by atoms with Crippen LogP contribution in [0.2, 0.25) is 0 Å². The third-order valence-electron chi connectivity index (χ3n) is 9.60. The lowest BCUT2D eigenvalue weighted by molar-refractivity contribution is -0.132. The summed E-state index contributed by atoms with van der Waals surface area (Å²) in [5.74, 6) is 1.41. The average Bonchev–Trinajstić information content (AvgIpc) is 3.16. The van der Waals surface area contributed by atoms with E-state index in [0.29, 0.717) is 61.8 Å².